The summed E-state index contributed by atoms with van der Waals surface area (Å²) in [6, 6.07) is 16.0. The minimum atomic E-state index is -0.161. The number of carbonyl (C=O) groups is 1. The predicted octanol–water partition coefficient (Wildman–Crippen LogP) is 2.65. The van der Waals surface area contributed by atoms with Crippen LogP contribution in [0.4, 0.5) is 5.69 Å². The molecular formula is C17H18N2O. The zero-order valence-electron chi connectivity index (χ0n) is 11.5. The van der Waals surface area contributed by atoms with Crippen molar-refractivity contribution in [2.75, 3.05) is 5.32 Å². The Labute approximate surface area is 119 Å². The fourth-order valence-electron chi connectivity index (χ4n) is 2.51. The Balaban J connectivity index is 1.68. The second kappa shape index (κ2) is 5.47. The molecule has 2 aromatic rings. The predicted molar refractivity (Wildman–Crippen MR) is 80.6 cm³/mol. The van der Waals surface area contributed by atoms with Crippen LogP contribution >= 0.6 is 0 Å². The van der Waals surface area contributed by atoms with Crippen molar-refractivity contribution in [1.29, 1.82) is 0 Å². The summed E-state index contributed by atoms with van der Waals surface area (Å²) < 4.78 is 0. The molecule has 0 saturated heterocycles. The van der Waals surface area contributed by atoms with E-state index in [1.165, 1.54) is 16.7 Å². The number of fused-ring (bicyclic) bond motifs is 1. The molecule has 0 spiro atoms. The Hall–Kier alpha value is -2.13. The number of nitrogens with one attached hydrogen (secondary N) is 2. The van der Waals surface area contributed by atoms with Gasteiger partial charge in [-0.1, -0.05) is 42.0 Å². The van der Waals surface area contributed by atoms with E-state index in [4.69, 9.17) is 0 Å². The molecule has 1 amide bonds. The van der Waals surface area contributed by atoms with Gasteiger partial charge in [-0.25, -0.2) is 0 Å². The molecule has 0 aliphatic carbocycles. The Morgan fingerprint density at radius 3 is 2.55 bits per heavy atom. The largest absolute Gasteiger partial charge is 0.325 e. The highest BCUT2D eigenvalue weighted by Gasteiger charge is 2.23. The zero-order chi connectivity index (χ0) is 13.9. The molecule has 0 fully saturated rings. The Morgan fingerprint density at radius 1 is 1.10 bits per heavy atom. The summed E-state index contributed by atoms with van der Waals surface area (Å²) in [6.45, 7) is 2.79. The van der Waals surface area contributed by atoms with Crippen LogP contribution in [0.5, 0.6) is 0 Å². The van der Waals surface area contributed by atoms with Crippen molar-refractivity contribution in [1.82, 2.24) is 5.32 Å². The first kappa shape index (κ1) is 12.9. The molecule has 0 aromatic heterocycles. The van der Waals surface area contributed by atoms with Crippen molar-refractivity contribution < 1.29 is 4.79 Å². The van der Waals surface area contributed by atoms with Crippen LogP contribution in [0, 0.1) is 6.92 Å². The Bertz CT molecular complexity index is 619. The summed E-state index contributed by atoms with van der Waals surface area (Å²) >= 11 is 0. The summed E-state index contributed by atoms with van der Waals surface area (Å²) in [5.74, 6) is 0.0309. The highest BCUT2D eigenvalue weighted by Crippen LogP contribution is 2.17. The molecule has 1 aliphatic rings. The highest BCUT2D eigenvalue weighted by atomic mass is 16.2. The number of aryl methyl sites for hydroxylation is 1. The normalized spacial score (nSPS) is 17.4. The van der Waals surface area contributed by atoms with Crippen molar-refractivity contribution in [3.8, 4) is 0 Å². The molecule has 2 N–H and O–H groups in total. The van der Waals surface area contributed by atoms with E-state index in [1.807, 2.05) is 43.3 Å². The van der Waals surface area contributed by atoms with Gasteiger partial charge in [-0.05, 0) is 36.6 Å². The summed E-state index contributed by atoms with van der Waals surface area (Å²) in [5.41, 5.74) is 4.58. The Morgan fingerprint density at radius 2 is 1.80 bits per heavy atom. The summed E-state index contributed by atoms with van der Waals surface area (Å²) in [6.07, 6.45) is 0.744. The van der Waals surface area contributed by atoms with Gasteiger partial charge in [0.1, 0.15) is 0 Å². The van der Waals surface area contributed by atoms with E-state index >= 15 is 0 Å². The molecule has 2 aromatic carbocycles. The fourth-order valence-corrected chi connectivity index (χ4v) is 2.51. The minimum Gasteiger partial charge on any atom is -0.325 e. The maximum atomic E-state index is 12.3. The number of hydrogen-bond donors (Lipinski definition) is 2. The number of rotatable bonds is 2. The topological polar surface area (TPSA) is 41.1 Å². The number of amides is 1. The molecule has 3 heteroatoms. The van der Waals surface area contributed by atoms with Crippen LogP contribution in [-0.4, -0.2) is 11.9 Å². The molecular weight excluding hydrogens is 248 g/mol. The van der Waals surface area contributed by atoms with Crippen LogP contribution in [0.1, 0.15) is 16.7 Å². The minimum absolute atomic E-state index is 0.0309. The van der Waals surface area contributed by atoms with E-state index in [9.17, 15) is 4.79 Å². The maximum absolute atomic E-state index is 12.3. The van der Waals surface area contributed by atoms with E-state index in [2.05, 4.69) is 22.8 Å². The maximum Gasteiger partial charge on any atom is 0.241 e. The average molecular weight is 266 g/mol. The van der Waals surface area contributed by atoms with E-state index < -0.39 is 0 Å². The molecule has 3 rings (SSSR count). The summed E-state index contributed by atoms with van der Waals surface area (Å²) in [7, 11) is 0. The van der Waals surface area contributed by atoms with Gasteiger partial charge < -0.3 is 10.6 Å². The van der Waals surface area contributed by atoms with E-state index in [1.54, 1.807) is 0 Å². The SMILES string of the molecule is Cc1ccc(NC(=O)C2Cc3ccccc3CN2)cc1. The molecule has 1 aliphatic heterocycles. The van der Waals surface area contributed by atoms with Crippen LogP contribution in [0.15, 0.2) is 48.5 Å². The van der Waals surface area contributed by atoms with Crippen LogP contribution in [0.3, 0.4) is 0 Å². The summed E-state index contributed by atoms with van der Waals surface area (Å²) in [5, 5.41) is 6.26. The van der Waals surface area contributed by atoms with Crippen molar-refractivity contribution in [2.45, 2.75) is 25.9 Å². The third-order valence-corrected chi connectivity index (χ3v) is 3.72. The molecule has 20 heavy (non-hydrogen) atoms. The fraction of sp³-hybridized carbons (Fsp3) is 0.235. The third-order valence-electron chi connectivity index (χ3n) is 3.72. The van der Waals surface area contributed by atoms with Gasteiger partial charge in [-0.2, -0.15) is 0 Å². The molecule has 0 saturated carbocycles. The molecule has 0 radical (unpaired) electrons. The van der Waals surface area contributed by atoms with Crippen molar-refractivity contribution >= 4 is 11.6 Å². The lowest BCUT2D eigenvalue weighted by Crippen LogP contribution is -2.44. The lowest BCUT2D eigenvalue weighted by Gasteiger charge is -2.25. The van der Waals surface area contributed by atoms with Gasteiger partial charge in [-0.3, -0.25) is 4.79 Å². The third kappa shape index (κ3) is 2.73. The average Bonchev–Trinajstić information content (AvgIpc) is 2.49. The molecule has 1 unspecified atom stereocenters. The van der Waals surface area contributed by atoms with E-state index in [0.717, 1.165) is 18.7 Å². The van der Waals surface area contributed by atoms with Crippen molar-refractivity contribution in [3.05, 3.63) is 65.2 Å². The first-order chi connectivity index (χ1) is 9.72. The lowest BCUT2D eigenvalue weighted by atomic mass is 9.95. The molecule has 102 valence electrons. The molecule has 3 nitrogen and oxygen atoms in total. The van der Waals surface area contributed by atoms with E-state index in [-0.39, 0.29) is 11.9 Å². The van der Waals surface area contributed by atoms with Gasteiger partial charge in [0.15, 0.2) is 0 Å². The number of carbonyl (C=O) groups excluding carboxylic acids is 1. The van der Waals surface area contributed by atoms with Gasteiger partial charge >= 0.3 is 0 Å². The van der Waals surface area contributed by atoms with Gasteiger partial charge in [0.2, 0.25) is 5.91 Å². The zero-order valence-corrected chi connectivity index (χ0v) is 11.5. The first-order valence-electron chi connectivity index (χ1n) is 6.90. The molecule has 0 bridgehead atoms. The van der Waals surface area contributed by atoms with Gasteiger partial charge in [0, 0.05) is 12.2 Å². The monoisotopic (exact) mass is 266 g/mol. The van der Waals surface area contributed by atoms with Crippen LogP contribution < -0.4 is 10.6 Å². The van der Waals surface area contributed by atoms with Gasteiger partial charge in [0.05, 0.1) is 6.04 Å². The van der Waals surface area contributed by atoms with Crippen molar-refractivity contribution in [3.63, 3.8) is 0 Å². The van der Waals surface area contributed by atoms with Crippen molar-refractivity contribution in [2.24, 2.45) is 0 Å². The second-order valence-electron chi connectivity index (χ2n) is 5.26. The van der Waals surface area contributed by atoms with Gasteiger partial charge in [0.25, 0.3) is 0 Å². The highest BCUT2D eigenvalue weighted by molar-refractivity contribution is 5.95. The van der Waals surface area contributed by atoms with Crippen LogP contribution in [0.25, 0.3) is 0 Å². The Kier molecular flexibility index (Phi) is 3.52. The number of anilines is 1. The lowest BCUT2D eigenvalue weighted by molar-refractivity contribution is -0.118. The number of benzene rings is 2. The van der Waals surface area contributed by atoms with E-state index in [0.29, 0.717) is 0 Å². The summed E-state index contributed by atoms with van der Waals surface area (Å²) in [4.78, 5) is 12.3. The first-order valence-corrected chi connectivity index (χ1v) is 6.90. The standard InChI is InChI=1S/C17H18N2O/c1-12-6-8-15(9-7-12)19-17(20)16-10-13-4-2-3-5-14(13)11-18-16/h2-9,16,18H,10-11H2,1H3,(H,19,20). The quantitative estimate of drug-likeness (QED) is 0.877. The number of hydrogen-bond acceptors (Lipinski definition) is 2. The van der Waals surface area contributed by atoms with Gasteiger partial charge in [-0.15, -0.1) is 0 Å². The van der Waals surface area contributed by atoms with Crippen LogP contribution in [-0.2, 0) is 17.8 Å². The molecule has 1 atom stereocenters. The second-order valence-corrected chi connectivity index (χ2v) is 5.26. The van der Waals surface area contributed by atoms with Crippen LogP contribution in [0.2, 0.25) is 0 Å². The smallest absolute Gasteiger partial charge is 0.241 e. The molecule has 1 heterocycles.